The molecule has 2 fully saturated rings. The lowest BCUT2D eigenvalue weighted by Crippen LogP contribution is -2.43. The van der Waals surface area contributed by atoms with Gasteiger partial charge in [-0.15, -0.1) is 0 Å². The Morgan fingerprint density at radius 3 is 3.11 bits per heavy atom. The molecule has 0 spiro atoms. The highest BCUT2D eigenvalue weighted by Crippen LogP contribution is 2.38. The molecule has 1 N–H and O–H groups in total. The molecular formula is C20H22N4O3. The monoisotopic (exact) mass is 366 g/mol. The third-order valence-corrected chi connectivity index (χ3v) is 5.33. The van der Waals surface area contributed by atoms with Gasteiger partial charge in [0.15, 0.2) is 5.82 Å². The second-order valence-corrected chi connectivity index (χ2v) is 7.43. The van der Waals surface area contributed by atoms with E-state index in [9.17, 15) is 4.79 Å². The molecule has 0 bridgehead atoms. The maximum absolute atomic E-state index is 12.9. The Bertz CT molecular complexity index is 959. The van der Waals surface area contributed by atoms with Crippen LogP contribution < -0.4 is 0 Å². The molecule has 3 heterocycles. The molecule has 27 heavy (non-hydrogen) atoms. The number of H-pyrrole nitrogens is 1. The van der Waals surface area contributed by atoms with Crippen molar-refractivity contribution in [1.29, 1.82) is 0 Å². The Balaban J connectivity index is 1.21. The predicted octanol–water partition coefficient (Wildman–Crippen LogP) is 3.25. The van der Waals surface area contributed by atoms with Gasteiger partial charge in [-0.2, -0.15) is 4.98 Å². The van der Waals surface area contributed by atoms with Gasteiger partial charge < -0.3 is 19.1 Å². The fraction of sp³-hybridized carbons (Fsp3) is 0.450. The highest BCUT2D eigenvalue weighted by Gasteiger charge is 2.29. The summed E-state index contributed by atoms with van der Waals surface area (Å²) >= 11 is 0. The van der Waals surface area contributed by atoms with Gasteiger partial charge in [-0.05, 0) is 49.9 Å². The zero-order valence-corrected chi connectivity index (χ0v) is 15.1. The van der Waals surface area contributed by atoms with E-state index in [0.29, 0.717) is 30.5 Å². The molecule has 1 saturated heterocycles. The summed E-state index contributed by atoms with van der Waals surface area (Å²) in [5.41, 5.74) is 1.75. The SMILES string of the molecule is O=C(c1ccc2[nH]ccc2c1)N1CCCC(OCc2nc(C3CC3)no2)C1. The number of hydrogen-bond acceptors (Lipinski definition) is 5. The number of aromatic nitrogens is 3. The van der Waals surface area contributed by atoms with Gasteiger partial charge in [-0.1, -0.05) is 5.16 Å². The van der Waals surface area contributed by atoms with Crippen molar-refractivity contribution in [1.82, 2.24) is 20.0 Å². The minimum Gasteiger partial charge on any atom is -0.367 e. The van der Waals surface area contributed by atoms with Crippen LogP contribution in [-0.4, -0.2) is 45.1 Å². The molecule has 7 heteroatoms. The number of nitrogens with zero attached hydrogens (tertiary/aromatic N) is 3. The first kappa shape index (κ1) is 16.5. The van der Waals surface area contributed by atoms with Gasteiger partial charge in [0, 0.05) is 41.7 Å². The number of ether oxygens (including phenoxy) is 1. The summed E-state index contributed by atoms with van der Waals surface area (Å²) < 4.78 is 11.2. The van der Waals surface area contributed by atoms with Crippen LogP contribution in [0.25, 0.3) is 10.9 Å². The summed E-state index contributed by atoms with van der Waals surface area (Å²) in [6.07, 6.45) is 6.04. The number of benzene rings is 1. The van der Waals surface area contributed by atoms with Crippen molar-refractivity contribution in [2.75, 3.05) is 13.1 Å². The number of nitrogens with one attached hydrogen (secondary N) is 1. The third-order valence-electron chi connectivity index (χ3n) is 5.33. The number of carbonyl (C=O) groups excluding carboxylic acids is 1. The van der Waals surface area contributed by atoms with Crippen LogP contribution >= 0.6 is 0 Å². The van der Waals surface area contributed by atoms with E-state index in [4.69, 9.17) is 9.26 Å². The van der Waals surface area contributed by atoms with Gasteiger partial charge in [-0.3, -0.25) is 4.79 Å². The molecule has 2 aromatic heterocycles. The molecule has 1 saturated carbocycles. The van der Waals surface area contributed by atoms with Crippen molar-refractivity contribution < 1.29 is 14.1 Å². The maximum Gasteiger partial charge on any atom is 0.253 e. The first-order valence-electron chi connectivity index (χ1n) is 9.57. The maximum atomic E-state index is 12.9. The average Bonchev–Trinajstić information content (AvgIpc) is 3.26. The minimum atomic E-state index is -0.00466. The molecule has 1 aliphatic carbocycles. The standard InChI is InChI=1S/C20H22N4O3/c25-20(15-5-6-17-14(10-15)7-8-21-17)24-9-1-2-16(11-24)26-12-18-22-19(23-27-18)13-3-4-13/h5-8,10,13,16,21H,1-4,9,11-12H2. The molecule has 1 atom stereocenters. The summed E-state index contributed by atoms with van der Waals surface area (Å²) in [7, 11) is 0. The minimum absolute atomic E-state index is 0.00466. The van der Waals surface area contributed by atoms with E-state index in [1.54, 1.807) is 0 Å². The van der Waals surface area contributed by atoms with E-state index in [0.717, 1.165) is 49.0 Å². The van der Waals surface area contributed by atoms with Crippen LogP contribution in [0.15, 0.2) is 35.0 Å². The highest BCUT2D eigenvalue weighted by molar-refractivity contribution is 5.98. The van der Waals surface area contributed by atoms with Crippen LogP contribution in [0.1, 0.15) is 53.7 Å². The molecule has 1 unspecified atom stereocenters. The molecule has 0 radical (unpaired) electrons. The van der Waals surface area contributed by atoms with E-state index < -0.39 is 0 Å². The lowest BCUT2D eigenvalue weighted by atomic mass is 10.1. The fourth-order valence-corrected chi connectivity index (χ4v) is 3.65. The second kappa shape index (κ2) is 6.81. The van der Waals surface area contributed by atoms with Crippen molar-refractivity contribution in [2.45, 2.75) is 44.3 Å². The Morgan fingerprint density at radius 2 is 2.22 bits per heavy atom. The zero-order valence-electron chi connectivity index (χ0n) is 15.1. The van der Waals surface area contributed by atoms with Crippen LogP contribution in [-0.2, 0) is 11.3 Å². The van der Waals surface area contributed by atoms with Crippen molar-refractivity contribution in [2.24, 2.45) is 0 Å². The largest absolute Gasteiger partial charge is 0.367 e. The van der Waals surface area contributed by atoms with Crippen molar-refractivity contribution >= 4 is 16.8 Å². The van der Waals surface area contributed by atoms with E-state index in [1.807, 2.05) is 35.4 Å². The lowest BCUT2D eigenvalue weighted by Gasteiger charge is -2.32. The lowest BCUT2D eigenvalue weighted by molar-refractivity contribution is -0.0153. The third kappa shape index (κ3) is 3.47. The predicted molar refractivity (Wildman–Crippen MR) is 98.3 cm³/mol. The Labute approximate surface area is 156 Å². The van der Waals surface area contributed by atoms with Crippen molar-refractivity contribution in [3.8, 4) is 0 Å². The number of carbonyl (C=O) groups is 1. The molecular weight excluding hydrogens is 344 g/mol. The van der Waals surface area contributed by atoms with Crippen LogP contribution in [0.3, 0.4) is 0 Å². The Morgan fingerprint density at radius 1 is 1.30 bits per heavy atom. The number of rotatable bonds is 5. The first-order chi connectivity index (χ1) is 13.3. The van der Waals surface area contributed by atoms with Gasteiger partial charge >= 0.3 is 0 Å². The molecule has 1 aliphatic heterocycles. The summed E-state index contributed by atoms with van der Waals surface area (Å²) in [4.78, 5) is 22.3. The molecule has 5 rings (SSSR count). The number of hydrogen-bond donors (Lipinski definition) is 1. The summed E-state index contributed by atoms with van der Waals surface area (Å²) in [5.74, 6) is 1.86. The molecule has 1 amide bonds. The number of likely N-dealkylation sites (tertiary alicyclic amines) is 1. The van der Waals surface area contributed by atoms with Crippen LogP contribution in [0, 0.1) is 0 Å². The van der Waals surface area contributed by atoms with E-state index in [2.05, 4.69) is 15.1 Å². The molecule has 3 aromatic rings. The van der Waals surface area contributed by atoms with Gasteiger partial charge in [-0.25, -0.2) is 0 Å². The van der Waals surface area contributed by atoms with E-state index in [-0.39, 0.29) is 12.0 Å². The van der Waals surface area contributed by atoms with Gasteiger partial charge in [0.05, 0.1) is 6.10 Å². The summed E-state index contributed by atoms with van der Waals surface area (Å²) in [6, 6.07) is 7.75. The quantitative estimate of drug-likeness (QED) is 0.749. The molecule has 7 nitrogen and oxygen atoms in total. The molecule has 140 valence electrons. The second-order valence-electron chi connectivity index (χ2n) is 7.43. The number of aromatic amines is 1. The van der Waals surface area contributed by atoms with Crippen LogP contribution in [0.4, 0.5) is 0 Å². The number of piperidine rings is 1. The van der Waals surface area contributed by atoms with Crippen molar-refractivity contribution in [3.63, 3.8) is 0 Å². The van der Waals surface area contributed by atoms with Crippen molar-refractivity contribution in [3.05, 3.63) is 47.7 Å². The van der Waals surface area contributed by atoms with Gasteiger partial charge in [0.1, 0.15) is 6.61 Å². The molecule has 2 aliphatic rings. The Hall–Kier alpha value is -2.67. The summed E-state index contributed by atoms with van der Waals surface area (Å²) in [5, 5.41) is 5.06. The Kier molecular flexibility index (Phi) is 4.16. The smallest absolute Gasteiger partial charge is 0.253 e. The molecule has 1 aromatic carbocycles. The van der Waals surface area contributed by atoms with E-state index in [1.165, 1.54) is 0 Å². The highest BCUT2D eigenvalue weighted by atomic mass is 16.5. The van der Waals surface area contributed by atoms with Gasteiger partial charge in [0.2, 0.25) is 0 Å². The average molecular weight is 366 g/mol. The summed E-state index contributed by atoms with van der Waals surface area (Å²) in [6.45, 7) is 1.66. The number of amides is 1. The van der Waals surface area contributed by atoms with Gasteiger partial charge in [0.25, 0.3) is 11.8 Å². The fourth-order valence-electron chi connectivity index (χ4n) is 3.65. The topological polar surface area (TPSA) is 84.2 Å². The van der Waals surface area contributed by atoms with Crippen LogP contribution in [0.5, 0.6) is 0 Å². The van der Waals surface area contributed by atoms with E-state index >= 15 is 0 Å². The first-order valence-corrected chi connectivity index (χ1v) is 9.57. The van der Waals surface area contributed by atoms with Crippen LogP contribution in [0.2, 0.25) is 0 Å². The normalized spacial score (nSPS) is 20.3. The zero-order chi connectivity index (χ0) is 18.2. The number of fused-ring (bicyclic) bond motifs is 1.